The lowest BCUT2D eigenvalue weighted by atomic mass is 9.96. The van der Waals surface area contributed by atoms with Gasteiger partial charge in [-0.3, -0.25) is 4.79 Å². The summed E-state index contributed by atoms with van der Waals surface area (Å²) in [5, 5.41) is 17.6. The largest absolute Gasteiger partial charge is 0.480 e. The number of aliphatic carboxylic acids is 1. The Kier molecular flexibility index (Phi) is 3.88. The van der Waals surface area contributed by atoms with Crippen molar-refractivity contribution in [2.24, 2.45) is 0 Å². The average Bonchev–Trinajstić information content (AvgIpc) is 2.97. The number of thioether (sulfide) groups is 1. The van der Waals surface area contributed by atoms with Crippen molar-refractivity contribution in [3.63, 3.8) is 0 Å². The summed E-state index contributed by atoms with van der Waals surface area (Å²) in [6.45, 7) is 4.49. The van der Waals surface area contributed by atoms with Gasteiger partial charge in [0.05, 0.1) is 35.0 Å². The van der Waals surface area contributed by atoms with Crippen LogP contribution in [0, 0.1) is 0 Å². The van der Waals surface area contributed by atoms with E-state index in [9.17, 15) is 14.7 Å². The maximum atomic E-state index is 11.7. The minimum atomic E-state index is -0.944. The molecule has 1 aromatic rings. The number of fused-ring (bicyclic) bond motifs is 1. The number of unbranched alkanes of at least 4 members (excludes halogenated alkanes) is 1. The van der Waals surface area contributed by atoms with Crippen LogP contribution in [0.15, 0.2) is 6.20 Å². The molecule has 1 N–H and O–H groups in total. The van der Waals surface area contributed by atoms with E-state index in [-0.39, 0.29) is 11.3 Å². The van der Waals surface area contributed by atoms with E-state index < -0.39 is 16.8 Å². The summed E-state index contributed by atoms with van der Waals surface area (Å²) in [7, 11) is 0. The zero-order valence-corrected chi connectivity index (χ0v) is 13.5. The monoisotopic (exact) mass is 324 g/mol. The van der Waals surface area contributed by atoms with Gasteiger partial charge >= 0.3 is 5.97 Å². The molecular weight excluding hydrogens is 304 g/mol. The van der Waals surface area contributed by atoms with Gasteiger partial charge in [-0.2, -0.15) is 0 Å². The van der Waals surface area contributed by atoms with Crippen molar-refractivity contribution < 1.29 is 14.7 Å². The lowest BCUT2D eigenvalue weighted by Crippen LogP contribution is -2.58. The standard InChI is InChI=1S/C14H20N4O3S/c1-3-4-5-9-7-15-16-17(9)8-14(2)12(13(20)21)18-10(19)6-11(18)22-14/h7,11-12H,3-6,8H2,1-2H3,(H,20,21)/t11-,12+,14+/m1/s1. The Labute approximate surface area is 133 Å². The number of rotatable bonds is 6. The molecule has 3 rings (SSSR count). The van der Waals surface area contributed by atoms with E-state index in [0.717, 1.165) is 25.0 Å². The average molecular weight is 324 g/mol. The number of carboxylic acids is 1. The van der Waals surface area contributed by atoms with Crippen molar-refractivity contribution in [1.82, 2.24) is 19.9 Å². The molecule has 0 radical (unpaired) electrons. The van der Waals surface area contributed by atoms with Crippen LogP contribution in [-0.2, 0) is 22.6 Å². The van der Waals surface area contributed by atoms with Crippen LogP contribution in [0.5, 0.6) is 0 Å². The van der Waals surface area contributed by atoms with Crippen LogP contribution in [0.2, 0.25) is 0 Å². The third-order valence-electron chi connectivity index (χ3n) is 4.39. The van der Waals surface area contributed by atoms with Crippen LogP contribution >= 0.6 is 11.8 Å². The van der Waals surface area contributed by atoms with Gasteiger partial charge in [-0.05, 0) is 19.8 Å². The fourth-order valence-corrected chi connectivity index (χ4v) is 4.98. The van der Waals surface area contributed by atoms with Crippen LogP contribution < -0.4 is 0 Å². The molecule has 0 aromatic carbocycles. The zero-order chi connectivity index (χ0) is 15.9. The fourth-order valence-electron chi connectivity index (χ4n) is 3.24. The Morgan fingerprint density at radius 1 is 1.59 bits per heavy atom. The minimum absolute atomic E-state index is 0.0128. The first-order valence-corrected chi connectivity index (χ1v) is 8.43. The van der Waals surface area contributed by atoms with Crippen LogP contribution in [0.3, 0.4) is 0 Å². The second-order valence-corrected chi connectivity index (χ2v) is 7.83. The van der Waals surface area contributed by atoms with Gasteiger partial charge in [0.2, 0.25) is 5.91 Å². The smallest absolute Gasteiger partial charge is 0.327 e. The molecule has 2 saturated heterocycles. The number of nitrogens with zero attached hydrogens (tertiary/aromatic N) is 4. The molecule has 0 bridgehead atoms. The highest BCUT2D eigenvalue weighted by molar-refractivity contribution is 8.01. The summed E-state index contributed by atoms with van der Waals surface area (Å²) in [4.78, 5) is 24.9. The minimum Gasteiger partial charge on any atom is -0.480 e. The normalized spacial score (nSPS) is 30.3. The fraction of sp³-hybridized carbons (Fsp3) is 0.714. The zero-order valence-electron chi connectivity index (χ0n) is 12.7. The van der Waals surface area contributed by atoms with Gasteiger partial charge in [0.1, 0.15) is 6.04 Å². The van der Waals surface area contributed by atoms with Gasteiger partial charge in [0.15, 0.2) is 0 Å². The summed E-state index contributed by atoms with van der Waals surface area (Å²) in [6.07, 6.45) is 5.19. The number of carboxylic acid groups (broad SMARTS) is 1. The molecule has 0 spiro atoms. The number of β-lactam (4-membered cyclic amide) rings is 1. The quantitative estimate of drug-likeness (QED) is 0.789. The van der Waals surface area contributed by atoms with E-state index in [2.05, 4.69) is 17.2 Å². The van der Waals surface area contributed by atoms with Gasteiger partial charge in [-0.15, -0.1) is 16.9 Å². The van der Waals surface area contributed by atoms with Gasteiger partial charge in [-0.1, -0.05) is 18.6 Å². The molecule has 2 aliphatic rings. The third-order valence-corrected chi connectivity index (χ3v) is 5.95. The Balaban J connectivity index is 1.82. The van der Waals surface area contributed by atoms with E-state index in [1.54, 1.807) is 22.6 Å². The first-order chi connectivity index (χ1) is 10.5. The lowest BCUT2D eigenvalue weighted by molar-refractivity contribution is -0.157. The van der Waals surface area contributed by atoms with E-state index in [1.807, 2.05) is 6.92 Å². The van der Waals surface area contributed by atoms with Crippen LogP contribution in [0.25, 0.3) is 0 Å². The van der Waals surface area contributed by atoms with E-state index in [4.69, 9.17) is 0 Å². The van der Waals surface area contributed by atoms with Gasteiger partial charge in [0, 0.05) is 0 Å². The molecule has 2 aliphatic heterocycles. The summed E-state index contributed by atoms with van der Waals surface area (Å²) in [5.41, 5.74) is 1.02. The Hall–Kier alpha value is -1.57. The molecular formula is C14H20N4O3S. The van der Waals surface area contributed by atoms with Crippen LogP contribution in [0.1, 0.15) is 38.8 Å². The highest BCUT2D eigenvalue weighted by Gasteiger charge is 2.60. The first-order valence-electron chi connectivity index (χ1n) is 7.55. The summed E-state index contributed by atoms with van der Waals surface area (Å²) in [6, 6.07) is -0.799. The molecule has 0 unspecified atom stereocenters. The number of hydrogen-bond donors (Lipinski definition) is 1. The third kappa shape index (κ3) is 2.39. The van der Waals surface area contributed by atoms with Crippen molar-refractivity contribution in [2.75, 3.05) is 0 Å². The highest BCUT2D eigenvalue weighted by atomic mass is 32.2. The molecule has 22 heavy (non-hydrogen) atoms. The van der Waals surface area contributed by atoms with Gasteiger partial charge in [-0.25, -0.2) is 9.48 Å². The molecule has 8 heteroatoms. The van der Waals surface area contributed by atoms with E-state index in [1.165, 1.54) is 4.90 Å². The number of carbonyl (C=O) groups excluding carboxylic acids is 1. The predicted molar refractivity (Wildman–Crippen MR) is 81.3 cm³/mol. The molecule has 0 saturated carbocycles. The molecule has 7 nitrogen and oxygen atoms in total. The van der Waals surface area contributed by atoms with Crippen molar-refractivity contribution >= 4 is 23.6 Å². The topological polar surface area (TPSA) is 88.3 Å². The van der Waals surface area contributed by atoms with E-state index in [0.29, 0.717) is 13.0 Å². The molecule has 1 aromatic heterocycles. The molecule has 3 heterocycles. The molecule has 3 atom stereocenters. The maximum Gasteiger partial charge on any atom is 0.327 e. The second-order valence-electron chi connectivity index (χ2n) is 6.12. The van der Waals surface area contributed by atoms with Crippen LogP contribution in [0.4, 0.5) is 0 Å². The number of carbonyl (C=O) groups is 2. The number of aryl methyl sites for hydroxylation is 1. The molecule has 1 amide bonds. The van der Waals surface area contributed by atoms with Crippen molar-refractivity contribution in [3.8, 4) is 0 Å². The number of amides is 1. The maximum absolute atomic E-state index is 11.7. The summed E-state index contributed by atoms with van der Waals surface area (Å²) < 4.78 is 1.21. The van der Waals surface area contributed by atoms with Gasteiger partial charge < -0.3 is 10.0 Å². The Morgan fingerprint density at radius 3 is 3.00 bits per heavy atom. The highest BCUT2D eigenvalue weighted by Crippen LogP contribution is 2.51. The van der Waals surface area contributed by atoms with Crippen molar-refractivity contribution in [3.05, 3.63) is 11.9 Å². The summed E-state index contributed by atoms with van der Waals surface area (Å²) in [5.74, 6) is -1.01. The SMILES string of the molecule is CCCCc1cnnn1C[C@]1(C)S[C@@H]2CC(=O)N2[C@H]1C(=O)O. The first kappa shape index (κ1) is 15.3. The van der Waals surface area contributed by atoms with Crippen molar-refractivity contribution in [1.29, 1.82) is 0 Å². The van der Waals surface area contributed by atoms with Crippen LogP contribution in [-0.4, -0.2) is 53.0 Å². The Morgan fingerprint density at radius 2 is 2.36 bits per heavy atom. The molecule has 120 valence electrons. The number of aromatic nitrogens is 3. The summed E-state index contributed by atoms with van der Waals surface area (Å²) >= 11 is 1.57. The molecule has 2 fully saturated rings. The molecule has 0 aliphatic carbocycles. The van der Waals surface area contributed by atoms with E-state index >= 15 is 0 Å². The second kappa shape index (κ2) is 5.57. The van der Waals surface area contributed by atoms with Gasteiger partial charge in [0.25, 0.3) is 0 Å². The Bertz CT molecular complexity index is 605. The predicted octanol–water partition coefficient (Wildman–Crippen LogP) is 1.14. The van der Waals surface area contributed by atoms with Crippen molar-refractivity contribution in [2.45, 2.75) is 62.2 Å². The number of hydrogen-bond acceptors (Lipinski definition) is 5. The lowest BCUT2D eigenvalue weighted by Gasteiger charge is -2.37.